The van der Waals surface area contributed by atoms with E-state index in [4.69, 9.17) is 4.74 Å². The summed E-state index contributed by atoms with van der Waals surface area (Å²) in [4.78, 5) is 4.20. The van der Waals surface area contributed by atoms with Gasteiger partial charge in [0, 0.05) is 11.2 Å². The number of anilines is 1. The van der Waals surface area contributed by atoms with Gasteiger partial charge in [0.25, 0.3) is 0 Å². The Labute approximate surface area is 91.9 Å². The summed E-state index contributed by atoms with van der Waals surface area (Å²) in [7, 11) is 1.66. The van der Waals surface area contributed by atoms with Gasteiger partial charge in [-0.15, -0.1) is 0 Å². The molecule has 0 bridgehead atoms. The van der Waals surface area contributed by atoms with E-state index in [1.807, 2.05) is 13.0 Å². The molecule has 0 aliphatic rings. The Bertz CT molecular complexity index is 334. The molecule has 0 aromatic carbocycles. The number of hydrogen-bond acceptors (Lipinski definition) is 3. The van der Waals surface area contributed by atoms with Crippen LogP contribution in [0.25, 0.3) is 0 Å². The maximum Gasteiger partial charge on any atom is 0.160 e. The fraction of sp³-hybridized carbons (Fsp3) is 0.583. The first-order valence-electron chi connectivity index (χ1n) is 5.27. The number of nitrogens with zero attached hydrogens (tertiary/aromatic N) is 1. The summed E-state index contributed by atoms with van der Waals surface area (Å²) < 4.78 is 5.27. The summed E-state index contributed by atoms with van der Waals surface area (Å²) in [5.41, 5.74) is 2.07. The zero-order chi connectivity index (χ0) is 11.5. The Morgan fingerprint density at radius 2 is 2.13 bits per heavy atom. The molecule has 0 spiro atoms. The van der Waals surface area contributed by atoms with Gasteiger partial charge < -0.3 is 10.1 Å². The van der Waals surface area contributed by atoms with Crippen molar-refractivity contribution in [3.63, 3.8) is 0 Å². The number of aryl methyl sites for hydroxylation is 1. The van der Waals surface area contributed by atoms with Gasteiger partial charge in [-0.25, -0.2) is 0 Å². The minimum Gasteiger partial charge on any atom is -0.493 e. The Kier molecular flexibility index (Phi) is 3.56. The van der Waals surface area contributed by atoms with E-state index in [0.29, 0.717) is 0 Å². The lowest BCUT2D eigenvalue weighted by Gasteiger charge is -2.27. The van der Waals surface area contributed by atoms with Crippen molar-refractivity contribution in [3.8, 4) is 5.75 Å². The monoisotopic (exact) mass is 208 g/mol. The van der Waals surface area contributed by atoms with Crippen molar-refractivity contribution in [2.75, 3.05) is 12.4 Å². The average molecular weight is 208 g/mol. The molecule has 1 aromatic heterocycles. The molecule has 0 fully saturated rings. The lowest BCUT2D eigenvalue weighted by atomic mass is 10.0. The van der Waals surface area contributed by atoms with E-state index in [1.165, 1.54) is 0 Å². The standard InChI is InChI=1S/C12H20N2O/c1-6-12(3,4)14-10-7-9(2)13-8-11(10)15-5/h7-8H,6H2,1-5H3,(H,13,14). The summed E-state index contributed by atoms with van der Waals surface area (Å²) >= 11 is 0. The van der Waals surface area contributed by atoms with E-state index in [0.717, 1.165) is 23.6 Å². The molecule has 0 atom stereocenters. The Morgan fingerprint density at radius 3 is 2.67 bits per heavy atom. The molecule has 1 rings (SSSR count). The van der Waals surface area contributed by atoms with E-state index in [2.05, 4.69) is 31.1 Å². The molecular weight excluding hydrogens is 188 g/mol. The fourth-order valence-electron chi connectivity index (χ4n) is 1.26. The van der Waals surface area contributed by atoms with Crippen LogP contribution >= 0.6 is 0 Å². The van der Waals surface area contributed by atoms with Gasteiger partial charge in [-0.2, -0.15) is 0 Å². The minimum absolute atomic E-state index is 0.0705. The molecule has 1 aromatic rings. The highest BCUT2D eigenvalue weighted by Gasteiger charge is 2.16. The number of pyridine rings is 1. The lowest BCUT2D eigenvalue weighted by Crippen LogP contribution is -2.29. The molecule has 15 heavy (non-hydrogen) atoms. The molecule has 1 heterocycles. The second-order valence-corrected chi connectivity index (χ2v) is 4.39. The third kappa shape index (κ3) is 3.11. The van der Waals surface area contributed by atoms with Crippen LogP contribution in [0.15, 0.2) is 12.3 Å². The van der Waals surface area contributed by atoms with E-state index in [-0.39, 0.29) is 5.54 Å². The highest BCUT2D eigenvalue weighted by Crippen LogP contribution is 2.27. The van der Waals surface area contributed by atoms with Gasteiger partial charge in [0.15, 0.2) is 5.75 Å². The first-order chi connectivity index (χ1) is 6.98. The van der Waals surface area contributed by atoms with Gasteiger partial charge in [-0.1, -0.05) is 6.92 Å². The number of rotatable bonds is 4. The number of nitrogens with one attached hydrogen (secondary N) is 1. The van der Waals surface area contributed by atoms with Crippen molar-refractivity contribution in [3.05, 3.63) is 18.0 Å². The van der Waals surface area contributed by atoms with E-state index < -0.39 is 0 Å². The van der Waals surface area contributed by atoms with E-state index in [1.54, 1.807) is 13.3 Å². The van der Waals surface area contributed by atoms with Crippen LogP contribution in [-0.2, 0) is 0 Å². The predicted octanol–water partition coefficient (Wildman–Crippen LogP) is 3.00. The Morgan fingerprint density at radius 1 is 1.47 bits per heavy atom. The molecule has 1 N–H and O–H groups in total. The maximum atomic E-state index is 5.27. The van der Waals surface area contributed by atoms with Crippen LogP contribution in [0.4, 0.5) is 5.69 Å². The second kappa shape index (κ2) is 4.51. The van der Waals surface area contributed by atoms with Crippen molar-refractivity contribution in [2.45, 2.75) is 39.7 Å². The van der Waals surface area contributed by atoms with Crippen LogP contribution in [0.3, 0.4) is 0 Å². The van der Waals surface area contributed by atoms with Gasteiger partial charge in [-0.05, 0) is 33.3 Å². The second-order valence-electron chi connectivity index (χ2n) is 4.39. The molecule has 0 aliphatic heterocycles. The van der Waals surface area contributed by atoms with Gasteiger partial charge >= 0.3 is 0 Å². The molecule has 0 amide bonds. The van der Waals surface area contributed by atoms with Gasteiger partial charge in [-0.3, -0.25) is 4.98 Å². The summed E-state index contributed by atoms with van der Waals surface area (Å²) in [6.45, 7) is 8.47. The summed E-state index contributed by atoms with van der Waals surface area (Å²) in [5.74, 6) is 0.794. The van der Waals surface area contributed by atoms with Gasteiger partial charge in [0.1, 0.15) is 0 Å². The largest absolute Gasteiger partial charge is 0.493 e. The SMILES string of the molecule is CCC(C)(C)Nc1cc(C)ncc1OC. The Hall–Kier alpha value is -1.25. The molecule has 3 nitrogen and oxygen atoms in total. The van der Waals surface area contributed by atoms with Crippen LogP contribution in [0.2, 0.25) is 0 Å². The normalized spacial score (nSPS) is 11.3. The topological polar surface area (TPSA) is 34.2 Å². The fourth-order valence-corrected chi connectivity index (χ4v) is 1.26. The quantitative estimate of drug-likeness (QED) is 0.826. The minimum atomic E-state index is 0.0705. The third-order valence-corrected chi connectivity index (χ3v) is 2.58. The van der Waals surface area contributed by atoms with Crippen molar-refractivity contribution in [1.82, 2.24) is 4.98 Å². The summed E-state index contributed by atoms with van der Waals surface area (Å²) in [6.07, 6.45) is 2.81. The van der Waals surface area contributed by atoms with Crippen molar-refractivity contribution in [2.24, 2.45) is 0 Å². The zero-order valence-electron chi connectivity index (χ0n) is 10.2. The van der Waals surface area contributed by atoms with Crippen molar-refractivity contribution < 1.29 is 4.74 Å². The number of aromatic nitrogens is 1. The molecule has 0 aliphatic carbocycles. The van der Waals surface area contributed by atoms with Crippen molar-refractivity contribution in [1.29, 1.82) is 0 Å². The summed E-state index contributed by atoms with van der Waals surface area (Å²) in [5, 5.41) is 3.46. The maximum absolute atomic E-state index is 5.27. The zero-order valence-corrected chi connectivity index (χ0v) is 10.2. The third-order valence-electron chi connectivity index (χ3n) is 2.58. The molecular formula is C12H20N2O. The molecule has 0 unspecified atom stereocenters. The first-order valence-corrected chi connectivity index (χ1v) is 5.27. The predicted molar refractivity (Wildman–Crippen MR) is 63.5 cm³/mol. The number of methoxy groups -OCH3 is 1. The van der Waals surface area contributed by atoms with E-state index in [9.17, 15) is 0 Å². The molecule has 3 heteroatoms. The van der Waals surface area contributed by atoms with E-state index >= 15 is 0 Å². The molecule has 0 saturated heterocycles. The number of ether oxygens (including phenoxy) is 1. The molecule has 84 valence electrons. The molecule has 0 radical (unpaired) electrons. The average Bonchev–Trinajstić information content (AvgIpc) is 2.18. The summed E-state index contributed by atoms with van der Waals surface area (Å²) in [6, 6.07) is 2.01. The van der Waals surface area contributed by atoms with Crippen LogP contribution < -0.4 is 10.1 Å². The van der Waals surface area contributed by atoms with Crippen LogP contribution in [-0.4, -0.2) is 17.6 Å². The van der Waals surface area contributed by atoms with Crippen LogP contribution in [0, 0.1) is 6.92 Å². The van der Waals surface area contributed by atoms with Crippen LogP contribution in [0.1, 0.15) is 32.9 Å². The highest BCUT2D eigenvalue weighted by molar-refractivity contribution is 5.57. The van der Waals surface area contributed by atoms with Gasteiger partial charge in [0.05, 0.1) is 19.0 Å². The van der Waals surface area contributed by atoms with Gasteiger partial charge in [0.2, 0.25) is 0 Å². The Balaban J connectivity index is 2.97. The highest BCUT2D eigenvalue weighted by atomic mass is 16.5. The molecule has 0 saturated carbocycles. The van der Waals surface area contributed by atoms with Crippen molar-refractivity contribution >= 4 is 5.69 Å². The van der Waals surface area contributed by atoms with Crippen LogP contribution in [0.5, 0.6) is 5.75 Å². The smallest absolute Gasteiger partial charge is 0.160 e. The lowest BCUT2D eigenvalue weighted by molar-refractivity contribution is 0.412. The first kappa shape index (κ1) is 11.8. The number of hydrogen-bond donors (Lipinski definition) is 1.